The van der Waals surface area contributed by atoms with Gasteiger partial charge in [-0.3, -0.25) is 0 Å². The van der Waals surface area contributed by atoms with Crippen LogP contribution in [0.4, 0.5) is 0 Å². The summed E-state index contributed by atoms with van der Waals surface area (Å²) in [4.78, 5) is 4.53. The minimum atomic E-state index is 0. The van der Waals surface area contributed by atoms with Gasteiger partial charge in [0.05, 0.1) is 10.7 Å². The van der Waals surface area contributed by atoms with Crippen LogP contribution in [0.15, 0.2) is 47.2 Å². The van der Waals surface area contributed by atoms with E-state index in [1.807, 2.05) is 41.1 Å². The molecule has 0 radical (unpaired) electrons. The maximum atomic E-state index is 6.18. The standard InChI is InChI=1S/C13H7BrCl2N2.HI/c14-8-1-4-13-17-12(7-18(13)6-8)10-3-2-9(15)5-11(10)16;/h1-7H;1H. The van der Waals surface area contributed by atoms with Crippen LogP contribution in [0.5, 0.6) is 0 Å². The minimum Gasteiger partial charge on any atom is -0.305 e. The number of fused-ring (bicyclic) bond motifs is 1. The summed E-state index contributed by atoms with van der Waals surface area (Å²) < 4.78 is 2.95. The molecular formula is C13H8BrCl2IN2. The van der Waals surface area contributed by atoms with Crippen LogP contribution in [-0.4, -0.2) is 9.38 Å². The second kappa shape index (κ2) is 5.99. The Hall–Kier alpha value is -0.300. The van der Waals surface area contributed by atoms with Crippen LogP contribution in [0.3, 0.4) is 0 Å². The first kappa shape index (κ1) is 15.1. The summed E-state index contributed by atoms with van der Waals surface area (Å²) in [6, 6.07) is 9.30. The van der Waals surface area contributed by atoms with Crippen LogP contribution in [0.25, 0.3) is 16.9 Å². The maximum absolute atomic E-state index is 6.18. The molecule has 0 atom stereocenters. The van der Waals surface area contributed by atoms with Crippen molar-refractivity contribution >= 4 is 68.8 Å². The maximum Gasteiger partial charge on any atom is 0.137 e. The molecule has 0 N–H and O–H groups in total. The summed E-state index contributed by atoms with van der Waals surface area (Å²) in [5.41, 5.74) is 2.58. The van der Waals surface area contributed by atoms with Crippen molar-refractivity contribution < 1.29 is 0 Å². The Labute approximate surface area is 145 Å². The fourth-order valence-corrected chi connectivity index (χ4v) is 2.65. The summed E-state index contributed by atoms with van der Waals surface area (Å²) in [5, 5.41) is 1.22. The summed E-state index contributed by atoms with van der Waals surface area (Å²) in [6.45, 7) is 0. The molecule has 0 saturated heterocycles. The molecule has 2 heterocycles. The van der Waals surface area contributed by atoms with Crippen molar-refractivity contribution in [3.8, 4) is 11.3 Å². The van der Waals surface area contributed by atoms with Crippen LogP contribution in [0.1, 0.15) is 0 Å². The molecule has 19 heavy (non-hydrogen) atoms. The lowest BCUT2D eigenvalue weighted by Gasteiger charge is -2.00. The molecule has 0 aliphatic heterocycles. The van der Waals surface area contributed by atoms with Crippen molar-refractivity contribution in [3.05, 3.63) is 57.2 Å². The monoisotopic (exact) mass is 468 g/mol. The number of hydrogen-bond acceptors (Lipinski definition) is 1. The van der Waals surface area contributed by atoms with Crippen LogP contribution < -0.4 is 0 Å². The highest BCUT2D eigenvalue weighted by Gasteiger charge is 2.08. The van der Waals surface area contributed by atoms with Gasteiger partial charge in [0.15, 0.2) is 0 Å². The number of pyridine rings is 1. The van der Waals surface area contributed by atoms with E-state index in [0.29, 0.717) is 10.0 Å². The second-order valence-corrected chi connectivity index (χ2v) is 5.62. The van der Waals surface area contributed by atoms with Gasteiger partial charge in [-0.1, -0.05) is 23.2 Å². The van der Waals surface area contributed by atoms with Crippen molar-refractivity contribution in [3.63, 3.8) is 0 Å². The van der Waals surface area contributed by atoms with E-state index in [2.05, 4.69) is 20.9 Å². The van der Waals surface area contributed by atoms with E-state index in [4.69, 9.17) is 23.2 Å². The molecule has 6 heteroatoms. The lowest BCUT2D eigenvalue weighted by molar-refractivity contribution is 1.17. The Morgan fingerprint density at radius 1 is 1.05 bits per heavy atom. The van der Waals surface area contributed by atoms with Gasteiger partial charge in [-0.15, -0.1) is 24.0 Å². The quantitative estimate of drug-likeness (QED) is 0.419. The third-order valence-corrected chi connectivity index (χ3v) is 3.64. The lowest BCUT2D eigenvalue weighted by Crippen LogP contribution is -1.80. The summed E-state index contributed by atoms with van der Waals surface area (Å²) in [7, 11) is 0. The molecule has 0 aliphatic carbocycles. The summed E-state index contributed by atoms with van der Waals surface area (Å²) in [5.74, 6) is 0. The molecule has 1 aromatic carbocycles. The van der Waals surface area contributed by atoms with Gasteiger partial charge in [-0.05, 0) is 46.3 Å². The topological polar surface area (TPSA) is 17.3 Å². The van der Waals surface area contributed by atoms with Gasteiger partial charge in [0.1, 0.15) is 5.65 Å². The van der Waals surface area contributed by atoms with Crippen molar-refractivity contribution in [1.29, 1.82) is 0 Å². The zero-order chi connectivity index (χ0) is 12.7. The van der Waals surface area contributed by atoms with Crippen LogP contribution in [-0.2, 0) is 0 Å². The molecule has 0 aliphatic rings. The van der Waals surface area contributed by atoms with Gasteiger partial charge in [0, 0.05) is 27.5 Å². The first-order chi connectivity index (χ1) is 8.63. The molecule has 3 aromatic rings. The SMILES string of the molecule is Clc1ccc(-c2cn3cc(Br)ccc3n2)c(Cl)c1.I. The predicted molar refractivity (Wildman–Crippen MR) is 93.8 cm³/mol. The fraction of sp³-hybridized carbons (Fsp3) is 0. The summed E-state index contributed by atoms with van der Waals surface area (Å²) in [6.07, 6.45) is 3.89. The highest BCUT2D eigenvalue weighted by atomic mass is 127. The number of rotatable bonds is 1. The minimum absolute atomic E-state index is 0. The molecular weight excluding hydrogens is 462 g/mol. The van der Waals surface area contributed by atoms with E-state index in [9.17, 15) is 0 Å². The molecule has 0 saturated carbocycles. The molecule has 0 fully saturated rings. The highest BCUT2D eigenvalue weighted by molar-refractivity contribution is 14.0. The average molecular weight is 470 g/mol. The van der Waals surface area contributed by atoms with Crippen molar-refractivity contribution in [2.75, 3.05) is 0 Å². The van der Waals surface area contributed by atoms with E-state index < -0.39 is 0 Å². The normalized spacial score (nSPS) is 10.5. The first-order valence-corrected chi connectivity index (χ1v) is 6.78. The number of halogens is 4. The number of aromatic nitrogens is 2. The highest BCUT2D eigenvalue weighted by Crippen LogP contribution is 2.30. The molecule has 98 valence electrons. The lowest BCUT2D eigenvalue weighted by atomic mass is 10.2. The fourth-order valence-electron chi connectivity index (χ4n) is 1.79. The summed E-state index contributed by atoms with van der Waals surface area (Å²) >= 11 is 15.5. The van der Waals surface area contributed by atoms with Gasteiger partial charge in [0.2, 0.25) is 0 Å². The zero-order valence-corrected chi connectivity index (χ0v) is 14.9. The van der Waals surface area contributed by atoms with Crippen molar-refractivity contribution in [1.82, 2.24) is 9.38 Å². The number of benzene rings is 1. The Bertz CT molecular complexity index is 743. The third kappa shape index (κ3) is 3.07. The molecule has 2 aromatic heterocycles. The Morgan fingerprint density at radius 2 is 1.84 bits per heavy atom. The van der Waals surface area contributed by atoms with Gasteiger partial charge in [-0.2, -0.15) is 0 Å². The van der Waals surface area contributed by atoms with Crippen LogP contribution >= 0.6 is 63.1 Å². The molecule has 0 unspecified atom stereocenters. The van der Waals surface area contributed by atoms with Gasteiger partial charge < -0.3 is 4.40 Å². The van der Waals surface area contributed by atoms with Crippen LogP contribution in [0, 0.1) is 0 Å². The molecule has 3 rings (SSSR count). The van der Waals surface area contributed by atoms with E-state index in [0.717, 1.165) is 21.4 Å². The van der Waals surface area contributed by atoms with E-state index in [1.165, 1.54) is 0 Å². The van der Waals surface area contributed by atoms with E-state index in [-0.39, 0.29) is 24.0 Å². The van der Waals surface area contributed by atoms with Gasteiger partial charge >= 0.3 is 0 Å². The Morgan fingerprint density at radius 3 is 2.58 bits per heavy atom. The van der Waals surface area contributed by atoms with Gasteiger partial charge in [0.25, 0.3) is 0 Å². The van der Waals surface area contributed by atoms with Crippen LogP contribution in [0.2, 0.25) is 10.0 Å². The predicted octanol–water partition coefficient (Wildman–Crippen LogP) is 5.69. The van der Waals surface area contributed by atoms with Gasteiger partial charge in [-0.25, -0.2) is 4.98 Å². The third-order valence-electron chi connectivity index (χ3n) is 2.62. The molecule has 0 bridgehead atoms. The first-order valence-electron chi connectivity index (χ1n) is 5.23. The Balaban J connectivity index is 0.00000133. The van der Waals surface area contributed by atoms with E-state index >= 15 is 0 Å². The Kier molecular flexibility index (Phi) is 4.76. The molecule has 0 amide bonds. The van der Waals surface area contributed by atoms with E-state index in [1.54, 1.807) is 6.07 Å². The van der Waals surface area contributed by atoms with Crippen molar-refractivity contribution in [2.24, 2.45) is 0 Å². The number of hydrogen-bond donors (Lipinski definition) is 0. The van der Waals surface area contributed by atoms with Crippen molar-refractivity contribution in [2.45, 2.75) is 0 Å². The second-order valence-electron chi connectivity index (χ2n) is 3.86. The number of nitrogens with zero attached hydrogens (tertiary/aromatic N) is 2. The zero-order valence-electron chi connectivity index (χ0n) is 9.48. The number of imidazole rings is 1. The average Bonchev–Trinajstić information content (AvgIpc) is 2.71. The smallest absolute Gasteiger partial charge is 0.137 e. The molecule has 0 spiro atoms. The largest absolute Gasteiger partial charge is 0.305 e. The molecule has 2 nitrogen and oxygen atoms in total.